The van der Waals surface area contributed by atoms with Crippen molar-refractivity contribution in [2.45, 2.75) is 25.8 Å². The molecule has 1 aliphatic heterocycles. The average molecular weight is 191 g/mol. The molecule has 3 heteroatoms. The second kappa shape index (κ2) is 3.09. The summed E-state index contributed by atoms with van der Waals surface area (Å²) in [6.45, 7) is 5.79. The van der Waals surface area contributed by atoms with Gasteiger partial charge < -0.3 is 9.88 Å². The van der Waals surface area contributed by atoms with E-state index in [0.717, 1.165) is 24.9 Å². The molecule has 1 saturated heterocycles. The molecule has 1 aromatic rings. The minimum Gasteiger partial charge on any atom is -0.334 e. The molecular formula is C11H17N3. The predicted molar refractivity (Wildman–Crippen MR) is 55.1 cm³/mol. The lowest BCUT2D eigenvalue weighted by molar-refractivity contribution is 0.418. The normalized spacial score (nSPS) is 31.5. The first-order valence-corrected chi connectivity index (χ1v) is 5.55. The van der Waals surface area contributed by atoms with Crippen LogP contribution in [-0.4, -0.2) is 22.6 Å². The number of hydrogen-bond donors (Lipinski definition) is 1. The molecule has 0 aromatic carbocycles. The summed E-state index contributed by atoms with van der Waals surface area (Å²) >= 11 is 0. The van der Waals surface area contributed by atoms with Gasteiger partial charge in [-0.15, -0.1) is 0 Å². The van der Waals surface area contributed by atoms with Crippen LogP contribution >= 0.6 is 0 Å². The van der Waals surface area contributed by atoms with Crippen LogP contribution in [0.25, 0.3) is 0 Å². The van der Waals surface area contributed by atoms with Crippen LogP contribution in [0.3, 0.4) is 0 Å². The van der Waals surface area contributed by atoms with Crippen molar-refractivity contribution in [1.29, 1.82) is 0 Å². The lowest BCUT2D eigenvalue weighted by Gasteiger charge is -2.27. The summed E-state index contributed by atoms with van der Waals surface area (Å²) in [4.78, 5) is 4.27. The molecule has 0 amide bonds. The fraction of sp³-hybridized carbons (Fsp3) is 0.727. The van der Waals surface area contributed by atoms with Gasteiger partial charge in [-0.2, -0.15) is 0 Å². The predicted octanol–water partition coefficient (Wildman–Crippen LogP) is 1.23. The number of nitrogens with zero attached hydrogens (tertiary/aromatic N) is 2. The Morgan fingerprint density at radius 3 is 2.93 bits per heavy atom. The summed E-state index contributed by atoms with van der Waals surface area (Å²) in [5, 5.41) is 3.31. The molecule has 14 heavy (non-hydrogen) atoms. The molecule has 0 bridgehead atoms. The zero-order valence-electron chi connectivity index (χ0n) is 8.61. The Balaban J connectivity index is 1.73. The van der Waals surface area contributed by atoms with Gasteiger partial charge in [0.25, 0.3) is 0 Å². The molecule has 0 spiro atoms. The number of imidazole rings is 1. The van der Waals surface area contributed by atoms with Crippen molar-refractivity contribution in [3.8, 4) is 0 Å². The van der Waals surface area contributed by atoms with Crippen molar-refractivity contribution in [3.05, 3.63) is 18.2 Å². The Morgan fingerprint density at radius 2 is 2.36 bits per heavy atom. The highest BCUT2D eigenvalue weighted by atomic mass is 15.1. The summed E-state index contributed by atoms with van der Waals surface area (Å²) in [6, 6.07) is 0. The molecule has 1 aromatic heterocycles. The van der Waals surface area contributed by atoms with Gasteiger partial charge in [0.15, 0.2) is 0 Å². The van der Waals surface area contributed by atoms with Gasteiger partial charge in [0.1, 0.15) is 0 Å². The summed E-state index contributed by atoms with van der Waals surface area (Å²) in [6.07, 6.45) is 5.44. The van der Waals surface area contributed by atoms with Gasteiger partial charge in [-0.3, -0.25) is 0 Å². The smallest absolute Gasteiger partial charge is 0.0948 e. The summed E-state index contributed by atoms with van der Waals surface area (Å²) in [7, 11) is 0. The third kappa shape index (κ3) is 1.36. The average Bonchev–Trinajstić information content (AvgIpc) is 2.58. The summed E-state index contributed by atoms with van der Waals surface area (Å²) in [5.74, 6) is 2.56. The largest absolute Gasteiger partial charge is 0.334 e. The van der Waals surface area contributed by atoms with E-state index in [1.54, 1.807) is 0 Å². The molecule has 3 nitrogen and oxygen atoms in total. The van der Waals surface area contributed by atoms with E-state index in [-0.39, 0.29) is 0 Å². The van der Waals surface area contributed by atoms with E-state index in [1.165, 1.54) is 18.7 Å². The highest BCUT2D eigenvalue weighted by molar-refractivity contribution is 5.12. The summed E-state index contributed by atoms with van der Waals surface area (Å²) in [5.41, 5.74) is 1.43. The van der Waals surface area contributed by atoms with Crippen molar-refractivity contribution in [1.82, 2.24) is 14.9 Å². The van der Waals surface area contributed by atoms with Gasteiger partial charge in [0, 0.05) is 37.4 Å². The third-order valence-electron chi connectivity index (χ3n) is 3.65. The Labute approximate surface area is 84.5 Å². The molecular weight excluding hydrogens is 174 g/mol. The lowest BCUT2D eigenvalue weighted by atomic mass is 10.00. The number of nitrogens with one attached hydrogen (secondary N) is 1. The lowest BCUT2D eigenvalue weighted by Crippen LogP contribution is -2.40. The van der Waals surface area contributed by atoms with Crippen LogP contribution < -0.4 is 5.32 Å². The molecule has 0 radical (unpaired) electrons. The van der Waals surface area contributed by atoms with Crippen LogP contribution in [0.1, 0.15) is 25.0 Å². The van der Waals surface area contributed by atoms with Gasteiger partial charge in [-0.25, -0.2) is 4.98 Å². The van der Waals surface area contributed by atoms with E-state index >= 15 is 0 Å². The van der Waals surface area contributed by atoms with E-state index in [4.69, 9.17) is 0 Å². The monoisotopic (exact) mass is 191 g/mol. The molecule has 2 aliphatic rings. The van der Waals surface area contributed by atoms with Crippen LogP contribution in [0.4, 0.5) is 0 Å². The highest BCUT2D eigenvalue weighted by Crippen LogP contribution is 2.39. The van der Waals surface area contributed by atoms with E-state index in [9.17, 15) is 0 Å². The van der Waals surface area contributed by atoms with Gasteiger partial charge in [0.05, 0.1) is 6.33 Å². The molecule has 76 valence electrons. The molecule has 2 heterocycles. The first kappa shape index (κ1) is 8.48. The highest BCUT2D eigenvalue weighted by Gasteiger charge is 2.33. The number of aromatic nitrogens is 2. The Morgan fingerprint density at radius 1 is 1.57 bits per heavy atom. The quantitative estimate of drug-likeness (QED) is 0.778. The van der Waals surface area contributed by atoms with Crippen molar-refractivity contribution < 1.29 is 0 Å². The van der Waals surface area contributed by atoms with Crippen molar-refractivity contribution in [2.75, 3.05) is 13.1 Å². The second-order valence-corrected chi connectivity index (χ2v) is 4.80. The van der Waals surface area contributed by atoms with Crippen molar-refractivity contribution in [2.24, 2.45) is 11.8 Å². The van der Waals surface area contributed by atoms with E-state index in [0.29, 0.717) is 5.92 Å². The maximum absolute atomic E-state index is 4.27. The molecule has 2 unspecified atom stereocenters. The van der Waals surface area contributed by atoms with Crippen molar-refractivity contribution in [3.63, 3.8) is 0 Å². The van der Waals surface area contributed by atoms with E-state index < -0.39 is 0 Å². The van der Waals surface area contributed by atoms with Crippen molar-refractivity contribution >= 4 is 0 Å². The first-order chi connectivity index (χ1) is 6.84. The minimum absolute atomic E-state index is 0.714. The number of hydrogen-bond acceptors (Lipinski definition) is 2. The standard InChI is InChI=1S/C11H17N3/c1-8-2-9(8)6-14-7-13-5-11(14)10-3-12-4-10/h5,7-10,12H,2-4,6H2,1H3. The molecule has 2 fully saturated rings. The molecule has 3 rings (SSSR count). The maximum atomic E-state index is 4.27. The maximum Gasteiger partial charge on any atom is 0.0948 e. The van der Waals surface area contributed by atoms with E-state index in [2.05, 4.69) is 21.8 Å². The SMILES string of the molecule is CC1CC1Cn1cncc1C1CNC1. The number of rotatable bonds is 3. The zero-order valence-corrected chi connectivity index (χ0v) is 8.61. The molecule has 1 saturated carbocycles. The molecule has 1 N–H and O–H groups in total. The van der Waals surface area contributed by atoms with Gasteiger partial charge >= 0.3 is 0 Å². The van der Waals surface area contributed by atoms with Crippen LogP contribution in [0.15, 0.2) is 12.5 Å². The van der Waals surface area contributed by atoms with Gasteiger partial charge in [-0.05, 0) is 18.3 Å². The summed E-state index contributed by atoms with van der Waals surface area (Å²) < 4.78 is 2.36. The Kier molecular flexibility index (Phi) is 1.87. The van der Waals surface area contributed by atoms with Crippen LogP contribution in [0.2, 0.25) is 0 Å². The zero-order chi connectivity index (χ0) is 9.54. The fourth-order valence-corrected chi connectivity index (χ4v) is 2.23. The third-order valence-corrected chi connectivity index (χ3v) is 3.65. The van der Waals surface area contributed by atoms with Crippen LogP contribution in [-0.2, 0) is 6.54 Å². The second-order valence-electron chi connectivity index (χ2n) is 4.80. The topological polar surface area (TPSA) is 29.9 Å². The van der Waals surface area contributed by atoms with Crippen LogP contribution in [0, 0.1) is 11.8 Å². The first-order valence-electron chi connectivity index (χ1n) is 5.55. The fourth-order valence-electron chi connectivity index (χ4n) is 2.23. The molecule has 2 atom stereocenters. The molecule has 1 aliphatic carbocycles. The van der Waals surface area contributed by atoms with Gasteiger partial charge in [0.2, 0.25) is 0 Å². The Hall–Kier alpha value is -0.830. The van der Waals surface area contributed by atoms with Crippen LogP contribution in [0.5, 0.6) is 0 Å². The van der Waals surface area contributed by atoms with Gasteiger partial charge in [-0.1, -0.05) is 6.92 Å². The Bertz CT molecular complexity index is 327. The minimum atomic E-state index is 0.714. The van der Waals surface area contributed by atoms with E-state index in [1.807, 2.05) is 12.5 Å².